The standard InChI is InChI=1S/C23H17BrCl2O3/c1-28-22-11-7-15(6-10-21(27)18-9-8-17(25)13-20(18)26)12-16(22)14-29-23-5-3-2-4-19(23)24/h2-13H,14H2,1H3/b10-6+. The highest BCUT2D eigenvalue weighted by Gasteiger charge is 2.09. The number of ketones is 1. The summed E-state index contributed by atoms with van der Waals surface area (Å²) in [6.07, 6.45) is 3.21. The molecule has 29 heavy (non-hydrogen) atoms. The Labute approximate surface area is 188 Å². The maximum atomic E-state index is 12.4. The van der Waals surface area contributed by atoms with Crippen molar-refractivity contribution in [2.24, 2.45) is 0 Å². The van der Waals surface area contributed by atoms with Gasteiger partial charge < -0.3 is 9.47 Å². The van der Waals surface area contributed by atoms with Crippen LogP contribution in [0.15, 0.2) is 71.2 Å². The van der Waals surface area contributed by atoms with Crippen LogP contribution >= 0.6 is 39.1 Å². The third-order valence-electron chi connectivity index (χ3n) is 4.15. The topological polar surface area (TPSA) is 35.5 Å². The van der Waals surface area contributed by atoms with Crippen molar-refractivity contribution in [3.63, 3.8) is 0 Å². The van der Waals surface area contributed by atoms with Crippen molar-refractivity contribution in [1.82, 2.24) is 0 Å². The van der Waals surface area contributed by atoms with Gasteiger partial charge in [-0.1, -0.05) is 47.5 Å². The van der Waals surface area contributed by atoms with E-state index in [0.717, 1.165) is 21.3 Å². The SMILES string of the molecule is COc1ccc(/C=C/C(=O)c2ccc(Cl)cc2Cl)cc1COc1ccccc1Br. The van der Waals surface area contributed by atoms with Crippen molar-refractivity contribution in [3.05, 3.63) is 97.9 Å². The summed E-state index contributed by atoms with van der Waals surface area (Å²) in [5.41, 5.74) is 2.11. The predicted octanol–water partition coefficient (Wildman–Crippen LogP) is 7.24. The smallest absolute Gasteiger partial charge is 0.187 e. The molecule has 0 aliphatic carbocycles. The molecule has 6 heteroatoms. The number of allylic oxidation sites excluding steroid dienone is 1. The van der Waals surface area contributed by atoms with E-state index in [4.69, 9.17) is 32.7 Å². The van der Waals surface area contributed by atoms with Gasteiger partial charge in [-0.3, -0.25) is 4.79 Å². The number of methoxy groups -OCH3 is 1. The van der Waals surface area contributed by atoms with Gasteiger partial charge >= 0.3 is 0 Å². The van der Waals surface area contributed by atoms with Gasteiger partial charge in [0.25, 0.3) is 0 Å². The molecule has 0 saturated heterocycles. The van der Waals surface area contributed by atoms with E-state index in [0.29, 0.717) is 28.0 Å². The molecule has 3 aromatic carbocycles. The Morgan fingerprint density at radius 3 is 2.55 bits per heavy atom. The van der Waals surface area contributed by atoms with E-state index in [1.807, 2.05) is 42.5 Å². The Balaban J connectivity index is 1.78. The number of halogens is 3. The summed E-state index contributed by atoms with van der Waals surface area (Å²) < 4.78 is 12.2. The summed E-state index contributed by atoms with van der Waals surface area (Å²) >= 11 is 15.5. The molecule has 0 N–H and O–H groups in total. The van der Waals surface area contributed by atoms with Gasteiger partial charge in [-0.15, -0.1) is 0 Å². The first kappa shape index (κ1) is 21.4. The quantitative estimate of drug-likeness (QED) is 0.258. The number of benzene rings is 3. The summed E-state index contributed by atoms with van der Waals surface area (Å²) in [4.78, 5) is 12.4. The van der Waals surface area contributed by atoms with Gasteiger partial charge in [0.1, 0.15) is 18.1 Å². The van der Waals surface area contributed by atoms with E-state index < -0.39 is 0 Å². The van der Waals surface area contributed by atoms with Crippen LogP contribution in [0.1, 0.15) is 21.5 Å². The minimum absolute atomic E-state index is 0.200. The van der Waals surface area contributed by atoms with Crippen molar-refractivity contribution in [2.75, 3.05) is 7.11 Å². The first-order valence-corrected chi connectivity index (χ1v) is 10.2. The first-order valence-electron chi connectivity index (χ1n) is 8.69. The van der Waals surface area contributed by atoms with Gasteiger partial charge in [-0.25, -0.2) is 0 Å². The number of carbonyl (C=O) groups excluding carboxylic acids is 1. The fourth-order valence-corrected chi connectivity index (χ4v) is 3.58. The second-order valence-electron chi connectivity index (χ2n) is 6.11. The van der Waals surface area contributed by atoms with Crippen LogP contribution in [0.4, 0.5) is 0 Å². The fraction of sp³-hybridized carbons (Fsp3) is 0.0870. The molecule has 3 rings (SSSR count). The molecule has 3 nitrogen and oxygen atoms in total. The zero-order valence-corrected chi connectivity index (χ0v) is 18.6. The average molecular weight is 492 g/mol. The minimum Gasteiger partial charge on any atom is -0.496 e. The summed E-state index contributed by atoms with van der Waals surface area (Å²) in [6.45, 7) is 0.324. The predicted molar refractivity (Wildman–Crippen MR) is 121 cm³/mol. The number of hydrogen-bond acceptors (Lipinski definition) is 3. The maximum absolute atomic E-state index is 12.4. The number of para-hydroxylation sites is 1. The van der Waals surface area contributed by atoms with E-state index >= 15 is 0 Å². The Bertz CT molecular complexity index is 1060. The summed E-state index contributed by atoms with van der Waals surface area (Å²) in [5.74, 6) is 1.25. The molecule has 0 fully saturated rings. The van der Waals surface area contributed by atoms with Crippen LogP contribution in [-0.4, -0.2) is 12.9 Å². The van der Waals surface area contributed by atoms with Crippen molar-refractivity contribution >= 4 is 51.0 Å². The van der Waals surface area contributed by atoms with Crippen LogP contribution in [-0.2, 0) is 6.61 Å². The highest BCUT2D eigenvalue weighted by Crippen LogP contribution is 2.28. The third-order valence-corrected chi connectivity index (χ3v) is 5.35. The van der Waals surface area contributed by atoms with Crippen LogP contribution in [0.5, 0.6) is 11.5 Å². The van der Waals surface area contributed by atoms with Gasteiger partial charge in [-0.05, 0) is 70.0 Å². The van der Waals surface area contributed by atoms with E-state index in [1.54, 1.807) is 31.4 Å². The zero-order valence-electron chi connectivity index (χ0n) is 15.5. The van der Waals surface area contributed by atoms with Crippen LogP contribution in [0.2, 0.25) is 10.0 Å². The molecular weight excluding hydrogens is 475 g/mol. The molecule has 0 heterocycles. The van der Waals surface area contributed by atoms with Gasteiger partial charge in [0.2, 0.25) is 0 Å². The molecule has 0 unspecified atom stereocenters. The molecule has 0 atom stereocenters. The molecule has 0 bridgehead atoms. The van der Waals surface area contributed by atoms with Crippen molar-refractivity contribution < 1.29 is 14.3 Å². The number of carbonyl (C=O) groups is 1. The molecule has 3 aromatic rings. The van der Waals surface area contributed by atoms with Crippen molar-refractivity contribution in [3.8, 4) is 11.5 Å². The molecule has 0 amide bonds. The Morgan fingerprint density at radius 1 is 1.03 bits per heavy atom. The molecule has 0 saturated carbocycles. The fourth-order valence-electron chi connectivity index (χ4n) is 2.68. The summed E-state index contributed by atoms with van der Waals surface area (Å²) in [6, 6.07) is 18.1. The molecule has 0 radical (unpaired) electrons. The highest BCUT2D eigenvalue weighted by molar-refractivity contribution is 9.10. The summed E-state index contributed by atoms with van der Waals surface area (Å²) in [5, 5.41) is 0.810. The van der Waals surface area contributed by atoms with Crippen LogP contribution in [0, 0.1) is 0 Å². The Hall–Kier alpha value is -2.27. The van der Waals surface area contributed by atoms with E-state index in [9.17, 15) is 4.79 Å². The lowest BCUT2D eigenvalue weighted by atomic mass is 10.1. The second kappa shape index (κ2) is 9.97. The first-order chi connectivity index (χ1) is 14.0. The lowest BCUT2D eigenvalue weighted by Gasteiger charge is -2.12. The van der Waals surface area contributed by atoms with Crippen LogP contribution < -0.4 is 9.47 Å². The average Bonchev–Trinajstić information content (AvgIpc) is 2.71. The molecule has 0 aliphatic heterocycles. The number of hydrogen-bond donors (Lipinski definition) is 0. The van der Waals surface area contributed by atoms with Crippen LogP contribution in [0.25, 0.3) is 6.08 Å². The van der Waals surface area contributed by atoms with Crippen molar-refractivity contribution in [1.29, 1.82) is 0 Å². The molecule has 0 aromatic heterocycles. The normalized spacial score (nSPS) is 10.9. The third kappa shape index (κ3) is 5.63. The lowest BCUT2D eigenvalue weighted by Crippen LogP contribution is -2.00. The molecule has 0 spiro atoms. The van der Waals surface area contributed by atoms with Gasteiger partial charge in [-0.2, -0.15) is 0 Å². The van der Waals surface area contributed by atoms with Gasteiger partial charge in [0.15, 0.2) is 5.78 Å². The highest BCUT2D eigenvalue weighted by atomic mass is 79.9. The van der Waals surface area contributed by atoms with Crippen LogP contribution in [0.3, 0.4) is 0 Å². The minimum atomic E-state index is -0.200. The second-order valence-corrected chi connectivity index (χ2v) is 7.81. The molecule has 148 valence electrons. The summed E-state index contributed by atoms with van der Waals surface area (Å²) in [7, 11) is 1.61. The molecule has 0 aliphatic rings. The number of rotatable bonds is 7. The largest absolute Gasteiger partial charge is 0.496 e. The van der Waals surface area contributed by atoms with Gasteiger partial charge in [0, 0.05) is 16.1 Å². The zero-order chi connectivity index (χ0) is 20.8. The van der Waals surface area contributed by atoms with Gasteiger partial charge in [0.05, 0.1) is 16.6 Å². The van der Waals surface area contributed by atoms with E-state index in [-0.39, 0.29) is 5.78 Å². The lowest BCUT2D eigenvalue weighted by molar-refractivity contribution is 0.104. The molecular formula is C23H17BrCl2O3. The number of ether oxygens (including phenoxy) is 2. The van der Waals surface area contributed by atoms with Crippen molar-refractivity contribution in [2.45, 2.75) is 6.61 Å². The Morgan fingerprint density at radius 2 is 1.83 bits per heavy atom. The van der Waals surface area contributed by atoms with E-state index in [1.165, 1.54) is 6.08 Å². The Kier molecular flexibility index (Phi) is 7.37. The maximum Gasteiger partial charge on any atom is 0.187 e. The monoisotopic (exact) mass is 490 g/mol. The van der Waals surface area contributed by atoms with E-state index in [2.05, 4.69) is 15.9 Å².